The standard InChI is InChI=1S/C13H11ClN2/c1-9-2-5-12(6-9)16-13-7-11(14)4-3-10(13)8-15-16/h3-4,6-8H,1-2,5H2. The monoisotopic (exact) mass is 230 g/mol. The molecule has 0 N–H and O–H groups in total. The van der Waals surface area contributed by atoms with Crippen LogP contribution >= 0.6 is 11.6 Å². The molecule has 1 aliphatic carbocycles. The van der Waals surface area contributed by atoms with E-state index >= 15 is 0 Å². The Morgan fingerprint density at radius 3 is 2.94 bits per heavy atom. The van der Waals surface area contributed by atoms with Crippen LogP contribution in [0.15, 0.2) is 42.6 Å². The summed E-state index contributed by atoms with van der Waals surface area (Å²) in [5, 5.41) is 6.26. The third kappa shape index (κ3) is 1.46. The fourth-order valence-electron chi connectivity index (χ4n) is 2.06. The largest absolute Gasteiger partial charge is 0.237 e. The van der Waals surface area contributed by atoms with Gasteiger partial charge in [-0.1, -0.05) is 23.8 Å². The average Bonchev–Trinajstić information content (AvgIpc) is 2.83. The van der Waals surface area contributed by atoms with Gasteiger partial charge in [0.1, 0.15) is 0 Å². The number of fused-ring (bicyclic) bond motifs is 1. The van der Waals surface area contributed by atoms with Crippen molar-refractivity contribution in [3.63, 3.8) is 0 Å². The van der Waals surface area contributed by atoms with Gasteiger partial charge >= 0.3 is 0 Å². The number of aromatic nitrogens is 2. The molecule has 1 heterocycles. The maximum atomic E-state index is 6.00. The molecule has 0 amide bonds. The van der Waals surface area contributed by atoms with E-state index in [1.165, 1.54) is 11.3 Å². The van der Waals surface area contributed by atoms with Crippen molar-refractivity contribution in [1.82, 2.24) is 9.78 Å². The first-order valence-corrected chi connectivity index (χ1v) is 5.64. The predicted octanol–water partition coefficient (Wildman–Crippen LogP) is 3.88. The number of allylic oxidation sites excluding steroid dienone is 3. The van der Waals surface area contributed by atoms with E-state index in [-0.39, 0.29) is 0 Å². The molecule has 3 rings (SSSR count). The number of hydrogen-bond donors (Lipinski definition) is 0. The molecular weight excluding hydrogens is 220 g/mol. The molecule has 0 aliphatic heterocycles. The molecule has 0 unspecified atom stereocenters. The van der Waals surface area contributed by atoms with Crippen LogP contribution in [0.5, 0.6) is 0 Å². The summed E-state index contributed by atoms with van der Waals surface area (Å²) in [5.74, 6) is 0. The normalized spacial score (nSPS) is 15.8. The fourth-order valence-corrected chi connectivity index (χ4v) is 2.22. The molecule has 3 heteroatoms. The number of halogens is 1. The van der Waals surface area contributed by atoms with Crippen LogP contribution in [0.3, 0.4) is 0 Å². The van der Waals surface area contributed by atoms with Crippen molar-refractivity contribution in [3.8, 4) is 0 Å². The SMILES string of the molecule is C=C1C=C(n2ncc3ccc(Cl)cc32)CC1. The Labute approximate surface area is 98.8 Å². The zero-order valence-electron chi connectivity index (χ0n) is 8.78. The average molecular weight is 231 g/mol. The smallest absolute Gasteiger partial charge is 0.0752 e. The van der Waals surface area contributed by atoms with Gasteiger partial charge < -0.3 is 0 Å². The molecule has 0 radical (unpaired) electrons. The van der Waals surface area contributed by atoms with E-state index in [9.17, 15) is 0 Å². The quantitative estimate of drug-likeness (QED) is 0.727. The van der Waals surface area contributed by atoms with E-state index in [0.717, 1.165) is 28.8 Å². The number of rotatable bonds is 1. The lowest BCUT2D eigenvalue weighted by molar-refractivity contribution is 0.884. The predicted molar refractivity (Wildman–Crippen MR) is 67.4 cm³/mol. The maximum absolute atomic E-state index is 6.00. The van der Waals surface area contributed by atoms with Crippen LogP contribution < -0.4 is 0 Å². The van der Waals surface area contributed by atoms with E-state index in [2.05, 4.69) is 17.8 Å². The zero-order valence-corrected chi connectivity index (χ0v) is 9.54. The molecule has 16 heavy (non-hydrogen) atoms. The Kier molecular flexibility index (Phi) is 2.11. The summed E-state index contributed by atoms with van der Waals surface area (Å²) in [7, 11) is 0. The van der Waals surface area contributed by atoms with Crippen molar-refractivity contribution in [2.45, 2.75) is 12.8 Å². The molecular formula is C13H11ClN2. The molecule has 1 aromatic carbocycles. The Balaban J connectivity index is 2.21. The van der Waals surface area contributed by atoms with E-state index in [4.69, 9.17) is 11.6 Å². The number of benzene rings is 1. The minimum atomic E-state index is 0.742. The van der Waals surface area contributed by atoms with Crippen LogP contribution in [0, 0.1) is 0 Å². The summed E-state index contributed by atoms with van der Waals surface area (Å²) in [6.07, 6.45) is 6.00. The zero-order chi connectivity index (χ0) is 11.1. The van der Waals surface area contributed by atoms with Gasteiger partial charge in [0.25, 0.3) is 0 Å². The Hall–Kier alpha value is -1.54. The number of hydrogen-bond acceptors (Lipinski definition) is 1. The minimum Gasteiger partial charge on any atom is -0.237 e. The highest BCUT2D eigenvalue weighted by atomic mass is 35.5. The molecule has 0 atom stereocenters. The lowest BCUT2D eigenvalue weighted by Gasteiger charge is -2.03. The Morgan fingerprint density at radius 2 is 2.19 bits per heavy atom. The topological polar surface area (TPSA) is 17.8 Å². The van der Waals surface area contributed by atoms with Crippen LogP contribution in [0.1, 0.15) is 12.8 Å². The second-order valence-electron chi connectivity index (χ2n) is 4.05. The van der Waals surface area contributed by atoms with Gasteiger partial charge in [-0.25, -0.2) is 4.68 Å². The van der Waals surface area contributed by atoms with Gasteiger partial charge in [0.15, 0.2) is 0 Å². The summed E-state index contributed by atoms with van der Waals surface area (Å²) < 4.78 is 1.96. The maximum Gasteiger partial charge on any atom is 0.0752 e. The summed E-state index contributed by atoms with van der Waals surface area (Å²) in [4.78, 5) is 0. The lowest BCUT2D eigenvalue weighted by atomic mass is 10.2. The van der Waals surface area contributed by atoms with Crippen molar-refractivity contribution >= 4 is 28.2 Å². The molecule has 0 bridgehead atoms. The molecule has 80 valence electrons. The van der Waals surface area contributed by atoms with E-state index in [0.29, 0.717) is 0 Å². The summed E-state index contributed by atoms with van der Waals surface area (Å²) in [6.45, 7) is 3.97. The second kappa shape index (κ2) is 3.49. The minimum absolute atomic E-state index is 0.742. The Bertz CT molecular complexity index is 607. The van der Waals surface area contributed by atoms with Crippen LogP contribution in [0.2, 0.25) is 5.02 Å². The van der Waals surface area contributed by atoms with E-state index in [1.54, 1.807) is 0 Å². The van der Waals surface area contributed by atoms with Crippen molar-refractivity contribution in [1.29, 1.82) is 0 Å². The van der Waals surface area contributed by atoms with Gasteiger partial charge in [0.05, 0.1) is 11.7 Å². The molecule has 0 saturated carbocycles. The molecule has 2 aromatic rings. The summed E-state index contributed by atoms with van der Waals surface area (Å²) in [6, 6.07) is 5.83. The number of nitrogens with zero attached hydrogens (tertiary/aromatic N) is 2. The highest BCUT2D eigenvalue weighted by molar-refractivity contribution is 6.31. The van der Waals surface area contributed by atoms with Gasteiger partial charge in [-0.05, 0) is 37.1 Å². The second-order valence-corrected chi connectivity index (χ2v) is 4.49. The van der Waals surface area contributed by atoms with Gasteiger partial charge in [0.2, 0.25) is 0 Å². The molecule has 1 aromatic heterocycles. The van der Waals surface area contributed by atoms with Gasteiger partial charge in [-0.2, -0.15) is 5.10 Å². The van der Waals surface area contributed by atoms with Gasteiger partial charge in [-0.15, -0.1) is 0 Å². The van der Waals surface area contributed by atoms with Crippen molar-refractivity contribution in [3.05, 3.63) is 47.6 Å². The highest BCUT2D eigenvalue weighted by Crippen LogP contribution is 2.29. The van der Waals surface area contributed by atoms with Crippen molar-refractivity contribution in [2.75, 3.05) is 0 Å². The van der Waals surface area contributed by atoms with Gasteiger partial charge in [-0.3, -0.25) is 0 Å². The Morgan fingerprint density at radius 1 is 1.31 bits per heavy atom. The molecule has 0 saturated heterocycles. The molecule has 0 fully saturated rings. The highest BCUT2D eigenvalue weighted by Gasteiger charge is 2.12. The van der Waals surface area contributed by atoms with E-state index in [1.807, 2.05) is 29.1 Å². The summed E-state index contributed by atoms with van der Waals surface area (Å²) in [5.41, 5.74) is 3.43. The van der Waals surface area contributed by atoms with Crippen molar-refractivity contribution in [2.24, 2.45) is 0 Å². The first kappa shape index (κ1) is 9.67. The summed E-state index contributed by atoms with van der Waals surface area (Å²) >= 11 is 6.00. The van der Waals surface area contributed by atoms with Crippen LogP contribution in [-0.4, -0.2) is 9.78 Å². The first-order chi connectivity index (χ1) is 7.74. The molecule has 1 aliphatic rings. The molecule has 0 spiro atoms. The van der Waals surface area contributed by atoms with Gasteiger partial charge in [0, 0.05) is 16.1 Å². The third-order valence-electron chi connectivity index (χ3n) is 2.88. The van der Waals surface area contributed by atoms with E-state index < -0.39 is 0 Å². The van der Waals surface area contributed by atoms with Crippen molar-refractivity contribution < 1.29 is 0 Å². The van der Waals surface area contributed by atoms with Crippen LogP contribution in [-0.2, 0) is 0 Å². The van der Waals surface area contributed by atoms with Crippen LogP contribution in [0.4, 0.5) is 0 Å². The first-order valence-electron chi connectivity index (χ1n) is 5.26. The third-order valence-corrected chi connectivity index (χ3v) is 3.11. The molecule has 2 nitrogen and oxygen atoms in total. The fraction of sp³-hybridized carbons (Fsp3) is 0.154. The van der Waals surface area contributed by atoms with Crippen LogP contribution in [0.25, 0.3) is 16.6 Å². The lowest BCUT2D eigenvalue weighted by Crippen LogP contribution is -1.95.